The van der Waals surface area contributed by atoms with E-state index in [1.165, 1.54) is 0 Å². The van der Waals surface area contributed by atoms with E-state index < -0.39 is 0 Å². The van der Waals surface area contributed by atoms with Crippen molar-refractivity contribution < 1.29 is 4.42 Å². The van der Waals surface area contributed by atoms with Gasteiger partial charge in [0, 0.05) is 6.42 Å². The number of hydrogen-bond acceptors (Lipinski definition) is 3. The molecule has 0 amide bonds. The molecule has 0 saturated heterocycles. The number of nitrogens with zero attached hydrogens (tertiary/aromatic N) is 2. The maximum atomic E-state index is 5.84. The summed E-state index contributed by atoms with van der Waals surface area (Å²) in [6.07, 6.45) is 2.66. The van der Waals surface area contributed by atoms with Gasteiger partial charge in [-0.15, -0.1) is 0 Å². The van der Waals surface area contributed by atoms with E-state index in [-0.39, 0.29) is 0 Å². The molecule has 0 saturated carbocycles. The summed E-state index contributed by atoms with van der Waals surface area (Å²) in [5, 5.41) is 4.17. The quantitative estimate of drug-likeness (QED) is 0.884. The second-order valence-corrected chi connectivity index (χ2v) is 4.42. The van der Waals surface area contributed by atoms with E-state index >= 15 is 0 Å². The first-order chi connectivity index (χ1) is 7.20. The van der Waals surface area contributed by atoms with Gasteiger partial charge in [-0.05, 0) is 34.7 Å². The van der Waals surface area contributed by atoms with Crippen LogP contribution in [0.3, 0.4) is 0 Å². The lowest BCUT2D eigenvalue weighted by Crippen LogP contribution is -2.05. The average Bonchev–Trinajstić information content (AvgIpc) is 2.80. The van der Waals surface area contributed by atoms with Gasteiger partial charge in [0.05, 0.1) is 9.77 Å². The number of halogens is 1. The van der Waals surface area contributed by atoms with Crippen LogP contribution >= 0.6 is 22.6 Å². The molecule has 5 heteroatoms. The Balaban J connectivity index is 2.18. The Kier molecular flexibility index (Phi) is 2.99. The van der Waals surface area contributed by atoms with Crippen LogP contribution in [-0.2, 0) is 13.0 Å². The topological polar surface area (TPSA) is 57.0 Å². The Labute approximate surface area is 102 Å². The van der Waals surface area contributed by atoms with E-state index in [2.05, 4.69) is 34.6 Å². The molecule has 2 aromatic heterocycles. The van der Waals surface area contributed by atoms with Gasteiger partial charge in [0.25, 0.3) is 0 Å². The minimum atomic E-state index is 0.592. The van der Waals surface area contributed by atoms with Crippen LogP contribution in [0.25, 0.3) is 0 Å². The van der Waals surface area contributed by atoms with Crippen LogP contribution < -0.4 is 5.73 Å². The minimum Gasteiger partial charge on any atom is -0.464 e. The molecule has 0 unspecified atom stereocenters. The number of rotatable bonds is 3. The molecule has 0 bridgehead atoms. The fourth-order valence-corrected chi connectivity index (χ4v) is 1.75. The van der Waals surface area contributed by atoms with Crippen LogP contribution in [0.15, 0.2) is 22.7 Å². The van der Waals surface area contributed by atoms with Crippen molar-refractivity contribution >= 4 is 28.4 Å². The Bertz CT molecular complexity index is 461. The predicted octanol–water partition coefficient (Wildman–Crippen LogP) is 2.27. The molecule has 0 aliphatic carbocycles. The van der Waals surface area contributed by atoms with Crippen molar-refractivity contribution in [3.8, 4) is 0 Å². The maximum Gasteiger partial charge on any atom is 0.135 e. The predicted molar refractivity (Wildman–Crippen MR) is 66.5 cm³/mol. The van der Waals surface area contributed by atoms with Crippen molar-refractivity contribution in [2.45, 2.75) is 19.9 Å². The molecular formula is C10H12IN3O. The zero-order valence-corrected chi connectivity index (χ0v) is 10.6. The van der Waals surface area contributed by atoms with Crippen LogP contribution in [0.2, 0.25) is 0 Å². The van der Waals surface area contributed by atoms with Crippen molar-refractivity contribution in [3.05, 3.63) is 33.4 Å². The molecule has 2 aromatic rings. The summed E-state index contributed by atoms with van der Waals surface area (Å²) in [6.45, 7) is 2.66. The number of anilines is 1. The van der Waals surface area contributed by atoms with Gasteiger partial charge >= 0.3 is 0 Å². The normalized spacial score (nSPS) is 10.8. The van der Waals surface area contributed by atoms with Crippen LogP contribution in [0.1, 0.15) is 18.4 Å². The molecule has 80 valence electrons. The highest BCUT2D eigenvalue weighted by molar-refractivity contribution is 14.1. The van der Waals surface area contributed by atoms with E-state index in [4.69, 9.17) is 10.2 Å². The zero-order chi connectivity index (χ0) is 10.8. The van der Waals surface area contributed by atoms with Gasteiger partial charge in [-0.25, -0.2) is 4.68 Å². The second kappa shape index (κ2) is 4.26. The number of aryl methyl sites for hydroxylation is 1. The molecule has 0 atom stereocenters. The fourth-order valence-electron chi connectivity index (χ4n) is 1.34. The molecule has 0 aromatic carbocycles. The maximum absolute atomic E-state index is 5.84. The van der Waals surface area contributed by atoms with Gasteiger partial charge in [0.15, 0.2) is 0 Å². The molecule has 4 nitrogen and oxygen atoms in total. The largest absolute Gasteiger partial charge is 0.464 e. The van der Waals surface area contributed by atoms with Crippen molar-refractivity contribution in [2.75, 3.05) is 5.73 Å². The second-order valence-electron chi connectivity index (χ2n) is 3.26. The Hall–Kier alpha value is -0.980. The highest BCUT2D eigenvalue weighted by Crippen LogP contribution is 2.16. The van der Waals surface area contributed by atoms with Crippen LogP contribution in [0.5, 0.6) is 0 Å². The van der Waals surface area contributed by atoms with Crippen molar-refractivity contribution in [2.24, 2.45) is 0 Å². The summed E-state index contributed by atoms with van der Waals surface area (Å²) in [7, 11) is 0. The Morgan fingerprint density at radius 3 is 2.73 bits per heavy atom. The SMILES string of the molecule is CCc1ccc(Cn2ncc(I)c2N)o1. The highest BCUT2D eigenvalue weighted by atomic mass is 127. The van der Waals surface area contributed by atoms with Gasteiger partial charge in [-0.3, -0.25) is 0 Å². The van der Waals surface area contributed by atoms with Gasteiger partial charge in [0.1, 0.15) is 23.9 Å². The van der Waals surface area contributed by atoms with Gasteiger partial charge in [-0.2, -0.15) is 5.10 Å². The van der Waals surface area contributed by atoms with E-state index in [9.17, 15) is 0 Å². The third kappa shape index (κ3) is 2.17. The molecule has 0 aliphatic rings. The Morgan fingerprint density at radius 2 is 2.20 bits per heavy atom. The fraction of sp³-hybridized carbons (Fsp3) is 0.300. The molecule has 2 N–H and O–H groups in total. The van der Waals surface area contributed by atoms with Crippen molar-refractivity contribution in [3.63, 3.8) is 0 Å². The summed E-state index contributed by atoms with van der Waals surface area (Å²) < 4.78 is 8.29. The van der Waals surface area contributed by atoms with Gasteiger partial charge < -0.3 is 10.2 Å². The summed E-state index contributed by atoms with van der Waals surface area (Å²) in [6, 6.07) is 3.95. The van der Waals surface area contributed by atoms with Gasteiger partial charge in [0.2, 0.25) is 0 Å². The molecule has 0 radical (unpaired) electrons. The van der Waals surface area contributed by atoms with E-state index in [1.54, 1.807) is 10.9 Å². The molecule has 15 heavy (non-hydrogen) atoms. The molecule has 2 heterocycles. The monoisotopic (exact) mass is 317 g/mol. The minimum absolute atomic E-state index is 0.592. The lowest BCUT2D eigenvalue weighted by atomic mass is 10.3. The first-order valence-corrected chi connectivity index (χ1v) is 5.83. The van der Waals surface area contributed by atoms with E-state index in [0.717, 1.165) is 21.5 Å². The van der Waals surface area contributed by atoms with Gasteiger partial charge in [-0.1, -0.05) is 6.92 Å². The lowest BCUT2D eigenvalue weighted by molar-refractivity contribution is 0.449. The van der Waals surface area contributed by atoms with E-state index in [0.29, 0.717) is 12.4 Å². The molecule has 0 aliphatic heterocycles. The third-order valence-electron chi connectivity index (χ3n) is 2.20. The summed E-state index contributed by atoms with van der Waals surface area (Å²) in [4.78, 5) is 0. The number of nitrogen functional groups attached to an aromatic ring is 1. The summed E-state index contributed by atoms with van der Waals surface area (Å²) in [5.74, 6) is 2.56. The van der Waals surface area contributed by atoms with E-state index in [1.807, 2.05) is 12.1 Å². The molecule has 2 rings (SSSR count). The van der Waals surface area contributed by atoms with Crippen LogP contribution in [0, 0.1) is 3.57 Å². The first kappa shape index (κ1) is 10.5. The standard InChI is InChI=1S/C10H12IN3O/c1-2-7-3-4-8(15-7)6-14-10(12)9(11)5-13-14/h3-5H,2,6,12H2,1H3. The summed E-state index contributed by atoms with van der Waals surface area (Å²) in [5.41, 5.74) is 5.84. The molecule has 0 fully saturated rings. The van der Waals surface area contributed by atoms with Crippen molar-refractivity contribution in [1.82, 2.24) is 9.78 Å². The number of aromatic nitrogens is 2. The molecular weight excluding hydrogens is 305 g/mol. The zero-order valence-electron chi connectivity index (χ0n) is 8.40. The smallest absolute Gasteiger partial charge is 0.135 e. The number of furan rings is 1. The number of hydrogen-bond donors (Lipinski definition) is 1. The first-order valence-electron chi connectivity index (χ1n) is 4.75. The Morgan fingerprint density at radius 1 is 1.47 bits per heavy atom. The van der Waals surface area contributed by atoms with Crippen LogP contribution in [-0.4, -0.2) is 9.78 Å². The highest BCUT2D eigenvalue weighted by Gasteiger charge is 2.07. The van der Waals surface area contributed by atoms with Crippen molar-refractivity contribution in [1.29, 1.82) is 0 Å². The lowest BCUT2D eigenvalue weighted by Gasteiger charge is -2.01. The molecule has 0 spiro atoms. The summed E-state index contributed by atoms with van der Waals surface area (Å²) >= 11 is 2.16. The number of nitrogens with two attached hydrogens (primary N) is 1. The third-order valence-corrected chi connectivity index (χ3v) is 3.04. The average molecular weight is 317 g/mol. The van der Waals surface area contributed by atoms with Crippen LogP contribution in [0.4, 0.5) is 5.82 Å².